The van der Waals surface area contributed by atoms with E-state index in [1.54, 1.807) is 9.80 Å². The Morgan fingerprint density at radius 2 is 1.68 bits per heavy atom. The number of nitrogens with two attached hydrogens (primary N) is 1. The van der Waals surface area contributed by atoms with Gasteiger partial charge in [0.1, 0.15) is 0 Å². The van der Waals surface area contributed by atoms with E-state index in [0.29, 0.717) is 26.2 Å². The van der Waals surface area contributed by atoms with Crippen molar-refractivity contribution >= 4 is 5.91 Å². The van der Waals surface area contributed by atoms with E-state index in [9.17, 15) is 13.6 Å². The van der Waals surface area contributed by atoms with Gasteiger partial charge in [0, 0.05) is 26.2 Å². The van der Waals surface area contributed by atoms with Crippen LogP contribution in [0.2, 0.25) is 0 Å². The molecule has 0 aromatic carbocycles. The van der Waals surface area contributed by atoms with Crippen LogP contribution < -0.4 is 5.73 Å². The summed E-state index contributed by atoms with van der Waals surface area (Å²) in [5, 5.41) is 0. The lowest BCUT2D eigenvalue weighted by atomic mass is 9.81. The first kappa shape index (κ1) is 14.7. The molecular weight excluding hydrogens is 252 g/mol. The minimum atomic E-state index is -2.30. The highest BCUT2D eigenvalue weighted by atomic mass is 19.3. The highest BCUT2D eigenvalue weighted by molar-refractivity contribution is 5.86. The van der Waals surface area contributed by atoms with E-state index in [4.69, 9.17) is 5.73 Å². The lowest BCUT2D eigenvalue weighted by Crippen LogP contribution is -2.60. The molecule has 2 N–H and O–H groups in total. The van der Waals surface area contributed by atoms with Gasteiger partial charge < -0.3 is 10.6 Å². The summed E-state index contributed by atoms with van der Waals surface area (Å²) < 4.78 is 24.6. The van der Waals surface area contributed by atoms with Crippen LogP contribution in [0.15, 0.2) is 0 Å². The number of carbonyl (C=O) groups excluding carboxylic acids is 1. The van der Waals surface area contributed by atoms with E-state index in [0.717, 1.165) is 32.1 Å². The van der Waals surface area contributed by atoms with Gasteiger partial charge in [-0.2, -0.15) is 0 Å². The van der Waals surface area contributed by atoms with Gasteiger partial charge in [0.15, 0.2) is 0 Å². The van der Waals surface area contributed by atoms with E-state index in [1.807, 2.05) is 0 Å². The molecule has 0 atom stereocenters. The van der Waals surface area contributed by atoms with Crippen LogP contribution in [-0.2, 0) is 4.79 Å². The second kappa shape index (κ2) is 6.13. The largest absolute Gasteiger partial charge is 0.339 e. The molecule has 0 radical (unpaired) electrons. The Kier molecular flexibility index (Phi) is 4.73. The number of nitrogens with zero attached hydrogens (tertiary/aromatic N) is 2. The zero-order chi connectivity index (χ0) is 13.9. The molecule has 1 heterocycles. The van der Waals surface area contributed by atoms with Crippen LogP contribution in [0.1, 0.15) is 32.1 Å². The lowest BCUT2D eigenvalue weighted by molar-refractivity contribution is -0.140. The molecular formula is C13H23F2N3O. The second-order valence-electron chi connectivity index (χ2n) is 5.70. The van der Waals surface area contributed by atoms with Crippen molar-refractivity contribution in [1.29, 1.82) is 0 Å². The fourth-order valence-electron chi connectivity index (χ4n) is 3.04. The van der Waals surface area contributed by atoms with Gasteiger partial charge in [-0.3, -0.25) is 9.69 Å². The maximum atomic E-state index is 12.4. The van der Waals surface area contributed by atoms with E-state index in [2.05, 4.69) is 0 Å². The third kappa shape index (κ3) is 3.63. The zero-order valence-electron chi connectivity index (χ0n) is 11.3. The van der Waals surface area contributed by atoms with Crippen molar-refractivity contribution in [2.45, 2.75) is 44.1 Å². The van der Waals surface area contributed by atoms with E-state index >= 15 is 0 Å². The summed E-state index contributed by atoms with van der Waals surface area (Å²) in [6.45, 7) is 1.88. The fraction of sp³-hybridized carbons (Fsp3) is 0.923. The monoisotopic (exact) mass is 275 g/mol. The van der Waals surface area contributed by atoms with E-state index in [1.165, 1.54) is 0 Å². The number of rotatable bonds is 3. The fourth-order valence-corrected chi connectivity index (χ4v) is 3.04. The van der Waals surface area contributed by atoms with Gasteiger partial charge in [0.2, 0.25) is 5.91 Å². The van der Waals surface area contributed by atoms with Gasteiger partial charge >= 0.3 is 0 Å². The molecule has 0 unspecified atom stereocenters. The molecule has 0 spiro atoms. The van der Waals surface area contributed by atoms with Gasteiger partial charge in [0.25, 0.3) is 6.43 Å². The summed E-state index contributed by atoms with van der Waals surface area (Å²) in [4.78, 5) is 15.9. The number of hydrogen-bond acceptors (Lipinski definition) is 3. The Balaban J connectivity index is 1.85. The molecule has 1 aliphatic heterocycles. The number of amides is 1. The first-order valence-corrected chi connectivity index (χ1v) is 7.10. The van der Waals surface area contributed by atoms with Crippen molar-refractivity contribution in [2.24, 2.45) is 5.73 Å². The third-order valence-corrected chi connectivity index (χ3v) is 4.23. The molecule has 2 aliphatic rings. The summed E-state index contributed by atoms with van der Waals surface area (Å²) in [5.41, 5.74) is 5.52. The Morgan fingerprint density at radius 1 is 1.11 bits per heavy atom. The maximum Gasteiger partial charge on any atom is 0.251 e. The van der Waals surface area contributed by atoms with Crippen LogP contribution in [0, 0.1) is 0 Å². The van der Waals surface area contributed by atoms with Crippen molar-refractivity contribution < 1.29 is 13.6 Å². The third-order valence-electron chi connectivity index (χ3n) is 4.23. The van der Waals surface area contributed by atoms with Gasteiger partial charge in [-0.15, -0.1) is 0 Å². The summed E-state index contributed by atoms with van der Waals surface area (Å²) in [5.74, 6) is 0.0175. The van der Waals surface area contributed by atoms with Crippen LogP contribution in [0.3, 0.4) is 0 Å². The number of halogens is 2. The predicted octanol–water partition coefficient (Wildman–Crippen LogP) is 1.06. The summed E-state index contributed by atoms with van der Waals surface area (Å²) in [6, 6.07) is 0. The van der Waals surface area contributed by atoms with Crippen LogP contribution in [0.5, 0.6) is 0 Å². The maximum absolute atomic E-state index is 12.4. The molecule has 0 bridgehead atoms. The molecule has 1 amide bonds. The normalized spacial score (nSPS) is 24.7. The number of alkyl halides is 2. The highest BCUT2D eigenvalue weighted by Gasteiger charge is 2.39. The van der Waals surface area contributed by atoms with Crippen molar-refractivity contribution in [2.75, 3.05) is 32.7 Å². The van der Waals surface area contributed by atoms with Crippen LogP contribution >= 0.6 is 0 Å². The summed E-state index contributed by atoms with van der Waals surface area (Å²) >= 11 is 0. The van der Waals surface area contributed by atoms with Gasteiger partial charge in [-0.25, -0.2) is 8.78 Å². The van der Waals surface area contributed by atoms with Crippen molar-refractivity contribution in [3.63, 3.8) is 0 Å². The molecule has 6 heteroatoms. The molecule has 2 fully saturated rings. The quantitative estimate of drug-likeness (QED) is 0.838. The predicted molar refractivity (Wildman–Crippen MR) is 69.0 cm³/mol. The van der Waals surface area contributed by atoms with Gasteiger partial charge in [-0.05, 0) is 12.8 Å². The van der Waals surface area contributed by atoms with Crippen LogP contribution in [0.4, 0.5) is 8.78 Å². The average molecular weight is 275 g/mol. The highest BCUT2D eigenvalue weighted by Crippen LogP contribution is 2.28. The Morgan fingerprint density at radius 3 is 2.21 bits per heavy atom. The smallest absolute Gasteiger partial charge is 0.251 e. The molecule has 0 aromatic heterocycles. The van der Waals surface area contributed by atoms with Gasteiger partial charge in [0.05, 0.1) is 12.1 Å². The van der Waals surface area contributed by atoms with Crippen molar-refractivity contribution in [3.05, 3.63) is 0 Å². The minimum absolute atomic E-state index is 0.0175. The molecule has 4 nitrogen and oxygen atoms in total. The molecule has 0 aromatic rings. The summed E-state index contributed by atoms with van der Waals surface area (Å²) in [6.07, 6.45) is 2.36. The topological polar surface area (TPSA) is 49.6 Å². The first-order chi connectivity index (χ1) is 9.01. The van der Waals surface area contributed by atoms with Crippen LogP contribution in [-0.4, -0.2) is 60.4 Å². The first-order valence-electron chi connectivity index (χ1n) is 7.10. The minimum Gasteiger partial charge on any atom is -0.339 e. The molecule has 1 saturated heterocycles. The number of hydrogen-bond donors (Lipinski definition) is 1. The van der Waals surface area contributed by atoms with Crippen molar-refractivity contribution in [1.82, 2.24) is 9.80 Å². The Hall–Kier alpha value is -0.750. The van der Waals surface area contributed by atoms with Crippen LogP contribution in [0.25, 0.3) is 0 Å². The van der Waals surface area contributed by atoms with E-state index < -0.39 is 12.0 Å². The van der Waals surface area contributed by atoms with Crippen molar-refractivity contribution in [3.8, 4) is 0 Å². The molecule has 1 aliphatic carbocycles. The molecule has 19 heavy (non-hydrogen) atoms. The lowest BCUT2D eigenvalue weighted by Gasteiger charge is -2.41. The Labute approximate surface area is 112 Å². The second-order valence-corrected chi connectivity index (χ2v) is 5.70. The SMILES string of the molecule is NC1(C(=O)N2CCN(CC(F)F)CC2)CCCCC1. The van der Waals surface area contributed by atoms with Gasteiger partial charge in [-0.1, -0.05) is 19.3 Å². The molecule has 110 valence electrons. The van der Waals surface area contributed by atoms with E-state index in [-0.39, 0.29) is 12.5 Å². The number of carbonyl (C=O) groups is 1. The molecule has 2 rings (SSSR count). The molecule has 1 saturated carbocycles. The number of piperazine rings is 1. The average Bonchev–Trinajstić information content (AvgIpc) is 2.39. The standard InChI is InChI=1S/C13H23F2N3O/c14-11(15)10-17-6-8-18(9-7-17)12(19)13(16)4-2-1-3-5-13/h11H,1-10,16H2. The zero-order valence-corrected chi connectivity index (χ0v) is 11.3. The summed E-state index contributed by atoms with van der Waals surface area (Å²) in [7, 11) is 0. The Bertz CT molecular complexity index is 311.